The molecule has 4 amide bonds. The lowest BCUT2D eigenvalue weighted by molar-refractivity contribution is -0.250. The van der Waals surface area contributed by atoms with Gasteiger partial charge < -0.3 is 35.8 Å². The van der Waals surface area contributed by atoms with Gasteiger partial charge in [0.2, 0.25) is 24.1 Å². The summed E-state index contributed by atoms with van der Waals surface area (Å²) in [5.41, 5.74) is 0.404. The zero-order valence-electron chi connectivity index (χ0n) is 59.5. The number of benzene rings is 4. The smallest absolute Gasteiger partial charge is 0.391 e. The number of unbranched alkanes of at least 4 members (excludes halogenated alkanes) is 4. The highest BCUT2D eigenvalue weighted by Crippen LogP contribution is 2.79. The molecule has 5 aromatic rings. The highest BCUT2D eigenvalue weighted by atomic mass is 32.2. The number of anilines is 2. The number of sulfone groups is 1. The van der Waals surface area contributed by atoms with Crippen LogP contribution in [0.4, 0.5) is 33.3 Å². The average Bonchev–Trinajstić information content (AvgIpc) is 0.727. The van der Waals surface area contributed by atoms with E-state index >= 15 is 0 Å². The molecule has 0 unspecified atom stereocenters. The first kappa shape index (κ1) is 78.1. The molecule has 18 nitrogen and oxygen atoms in total. The Morgan fingerprint density at radius 1 is 0.843 bits per heavy atom. The number of aryl methyl sites for hydroxylation is 1. The van der Waals surface area contributed by atoms with Crippen molar-refractivity contribution in [1.82, 2.24) is 35.0 Å². The van der Waals surface area contributed by atoms with Gasteiger partial charge in [0.15, 0.2) is 0 Å². The van der Waals surface area contributed by atoms with Crippen LogP contribution in [0.3, 0.4) is 0 Å². The van der Waals surface area contributed by atoms with Crippen molar-refractivity contribution in [1.29, 1.82) is 0 Å². The summed E-state index contributed by atoms with van der Waals surface area (Å²) in [7, 11) is -9.22. The third-order valence-electron chi connectivity index (χ3n) is 21.1. The third kappa shape index (κ3) is 18.6. The summed E-state index contributed by atoms with van der Waals surface area (Å²) in [4.78, 5) is 67.2. The molecule has 5 N–H and O–H groups in total. The number of sulfonamides is 1. The Morgan fingerprint density at radius 2 is 1.51 bits per heavy atom. The predicted molar refractivity (Wildman–Crippen MR) is 390 cm³/mol. The molecule has 2 bridgehead atoms. The first-order valence-electron chi connectivity index (χ1n) is 35.4. The Hall–Kier alpha value is -6.49. The molecule has 102 heavy (non-hydrogen) atoms. The van der Waals surface area contributed by atoms with Gasteiger partial charge in [-0.15, -0.1) is 23.1 Å². The molecule has 4 aliphatic carbocycles. The fourth-order valence-corrected chi connectivity index (χ4v) is 19.0. The van der Waals surface area contributed by atoms with Crippen LogP contribution in [0.1, 0.15) is 159 Å². The van der Waals surface area contributed by atoms with Crippen LogP contribution >= 0.6 is 23.1 Å². The molecular weight excluding hydrogens is 1390 g/mol. The second-order valence-electron chi connectivity index (χ2n) is 30.7. The number of alkyl halides is 5. The number of aliphatic hydroxyl groups excluding tert-OH is 1. The van der Waals surface area contributed by atoms with E-state index in [1.165, 1.54) is 39.9 Å². The van der Waals surface area contributed by atoms with Crippen molar-refractivity contribution in [3.05, 3.63) is 131 Å². The molecular formula is C75H98F5N9O9S4. The summed E-state index contributed by atoms with van der Waals surface area (Å²) in [6, 6.07) is 22.8. The van der Waals surface area contributed by atoms with Crippen molar-refractivity contribution < 1.29 is 63.1 Å². The quantitative estimate of drug-likeness (QED) is 0.0120. The van der Waals surface area contributed by atoms with Gasteiger partial charge in [0.05, 0.1) is 38.8 Å². The number of allylic oxidation sites excluding steroid dienone is 1. The lowest BCUT2D eigenvalue weighted by Gasteiger charge is -2.72. The van der Waals surface area contributed by atoms with E-state index in [9.17, 15) is 63.1 Å². The molecule has 0 radical (unpaired) electrons. The lowest BCUT2D eigenvalue weighted by Crippen LogP contribution is -2.66. The maximum Gasteiger partial charge on any atom is 0.501 e. The van der Waals surface area contributed by atoms with Crippen molar-refractivity contribution >= 4 is 78.0 Å². The van der Waals surface area contributed by atoms with Crippen molar-refractivity contribution in [2.45, 2.75) is 195 Å². The van der Waals surface area contributed by atoms with Crippen LogP contribution in [0.15, 0.2) is 128 Å². The number of rotatable bonds is 31. The Morgan fingerprint density at radius 3 is 2.15 bits per heavy atom. The Bertz CT molecular complexity index is 4030. The first-order chi connectivity index (χ1) is 48.1. The van der Waals surface area contributed by atoms with Gasteiger partial charge in [-0.2, -0.15) is 13.2 Å². The number of aromatic nitrogens is 1. The van der Waals surface area contributed by atoms with E-state index in [1.54, 1.807) is 29.0 Å². The molecule has 27 heteroatoms. The van der Waals surface area contributed by atoms with Crippen LogP contribution < -0.4 is 25.6 Å². The van der Waals surface area contributed by atoms with E-state index in [1.807, 2.05) is 101 Å². The number of amides is 4. The largest absolute Gasteiger partial charge is 0.501 e. The summed E-state index contributed by atoms with van der Waals surface area (Å²) in [5, 5.41) is 19.7. The van der Waals surface area contributed by atoms with Gasteiger partial charge in [0, 0.05) is 85.5 Å². The van der Waals surface area contributed by atoms with Crippen LogP contribution in [0.2, 0.25) is 0 Å². The van der Waals surface area contributed by atoms with Gasteiger partial charge in [-0.05, 0) is 174 Å². The predicted octanol–water partition coefficient (Wildman–Crippen LogP) is 13.2. The fourth-order valence-electron chi connectivity index (χ4n) is 15.2. The Labute approximate surface area is 605 Å². The van der Waals surface area contributed by atoms with E-state index < -0.39 is 106 Å². The fraction of sp³-hybridized carbons (Fsp3) is 0.560. The molecule has 2 saturated heterocycles. The van der Waals surface area contributed by atoms with Crippen LogP contribution in [0.5, 0.6) is 0 Å². The molecule has 4 aromatic carbocycles. The Kier molecular flexibility index (Phi) is 24.6. The second kappa shape index (κ2) is 32.1. The van der Waals surface area contributed by atoms with Crippen molar-refractivity contribution in [3.63, 3.8) is 0 Å². The van der Waals surface area contributed by atoms with Crippen molar-refractivity contribution in [2.24, 2.45) is 21.7 Å². The summed E-state index contributed by atoms with van der Waals surface area (Å²) >= 11 is 2.95. The first-order valence-corrected chi connectivity index (χ1v) is 40.2. The monoisotopic (exact) mass is 1490 g/mol. The molecule has 3 heterocycles. The number of thiazole rings is 1. The van der Waals surface area contributed by atoms with E-state index in [2.05, 4.69) is 49.5 Å². The SMILES string of the molecule is Cc1ncsc1-c1ccc([C@H](C)NC(=O)[C@@H]2C[C@@H](O)CN2C(=O)[C@@H](NC(=O)CCCCCCCN(C)CC[C@H](CSc2ccccc2)Nc2ccc(S(=O)(=O)NC(=O)c3ccc(N4CCN(CC5=C(C67CC(C(F)F)(C6)C7)CC(C)(C)CC5)CC4)cc3)cc2S(=O)(=O)C(F)(F)F)C(C)(C)C)cc1. The molecule has 6 aliphatic rings. The zero-order chi connectivity index (χ0) is 73.7. The number of carbonyl (C=O) groups is 4. The number of thioether (sulfide) groups is 1. The number of piperazine rings is 1. The van der Waals surface area contributed by atoms with Gasteiger partial charge >= 0.3 is 5.51 Å². The molecule has 556 valence electrons. The number of likely N-dealkylation sites (tertiary alicyclic amines) is 1. The number of aliphatic hydroxyl groups is 1. The maximum absolute atomic E-state index is 14.6. The average molecular weight is 1490 g/mol. The van der Waals surface area contributed by atoms with Crippen LogP contribution in [0.25, 0.3) is 10.4 Å². The maximum atomic E-state index is 14.6. The van der Waals surface area contributed by atoms with Gasteiger partial charge in [0.1, 0.15) is 17.0 Å². The topological polar surface area (TPSA) is 231 Å². The minimum absolute atomic E-state index is 0.0505. The standard InChI is InChI=1S/C75H98F5N9O9S4/c1-49(51-20-22-52(23-21-51)65-50(2)81-48-100-65)82-68(93)62-39-57(90)43-89(62)69(94)66(71(3,4)5)84-64(91)19-15-10-9-11-16-33-86(8)34-31-55(44-99-58-17-13-12-14-18-58)83-61-29-28-59(40-63(61)101(95,96)75(78,79)80)102(97,98)85-67(92)53-24-26-56(27-25-53)88-37-35-87(36-38-88)42-54-30-32-72(6,7)41-60(54)73-45-74(46-73,47-73)70(76)77/h12-14,17-18,20-29,40,48-49,55,57,62,66,70,83,90H,9-11,15-16,19,30-39,41-47H2,1-8H3,(H,82,93)(H,84,91)(H,85,92)/t49-,55+,57+,62-,66+,73?,74?/m0/s1. The number of halogens is 5. The molecule has 2 aliphatic heterocycles. The number of nitrogens with zero attached hydrogens (tertiary/aromatic N) is 5. The van der Waals surface area contributed by atoms with E-state index in [-0.39, 0.29) is 47.4 Å². The number of carbonyl (C=O) groups excluding carboxylic acids is 4. The van der Waals surface area contributed by atoms with Gasteiger partial charge in [0.25, 0.3) is 25.8 Å². The normalized spacial score (nSPS) is 21.8. The molecule has 0 spiro atoms. The lowest BCUT2D eigenvalue weighted by atomic mass is 9.32. The molecule has 11 rings (SSSR count). The number of β-amino-alcohol motifs (C(OH)–C–C–N with tert-alkyl or cyclic N) is 1. The highest BCUT2D eigenvalue weighted by Gasteiger charge is 2.73. The summed E-state index contributed by atoms with van der Waals surface area (Å²) in [6.07, 6.45) is 5.73. The van der Waals surface area contributed by atoms with E-state index in [4.69, 9.17) is 0 Å². The summed E-state index contributed by atoms with van der Waals surface area (Å²) < 4.78 is 128. The van der Waals surface area contributed by atoms with Crippen LogP contribution in [-0.2, 0) is 34.2 Å². The van der Waals surface area contributed by atoms with Crippen LogP contribution in [-0.4, -0.2) is 167 Å². The van der Waals surface area contributed by atoms with Crippen molar-refractivity contribution in [3.8, 4) is 10.4 Å². The Balaban J connectivity index is 0.689. The van der Waals surface area contributed by atoms with Gasteiger partial charge in [-0.3, -0.25) is 24.1 Å². The van der Waals surface area contributed by atoms with Gasteiger partial charge in [-0.25, -0.2) is 35.3 Å². The molecule has 3 saturated carbocycles. The molecule has 5 fully saturated rings. The molecule has 5 atom stereocenters. The summed E-state index contributed by atoms with van der Waals surface area (Å²) in [6.45, 7) is 18.5. The second-order valence-corrected chi connectivity index (χ2v) is 36.2. The third-order valence-corrected chi connectivity index (χ3v) is 26.2. The van der Waals surface area contributed by atoms with Gasteiger partial charge in [-0.1, -0.05) is 107 Å². The minimum atomic E-state index is -6.17. The summed E-state index contributed by atoms with van der Waals surface area (Å²) in [5.74, 6) is -1.95. The number of nitrogens with one attached hydrogen (secondary N) is 4. The minimum Gasteiger partial charge on any atom is -0.391 e. The molecule has 1 aromatic heterocycles. The highest BCUT2D eigenvalue weighted by molar-refractivity contribution is 7.99. The number of hydrogen-bond acceptors (Lipinski definition) is 16. The van der Waals surface area contributed by atoms with E-state index in [0.717, 1.165) is 109 Å². The van der Waals surface area contributed by atoms with E-state index in [0.29, 0.717) is 64.3 Å². The zero-order valence-corrected chi connectivity index (χ0v) is 62.8. The number of hydrogen-bond donors (Lipinski definition) is 5. The van der Waals surface area contributed by atoms with Crippen molar-refractivity contribution in [2.75, 3.05) is 75.4 Å². The van der Waals surface area contributed by atoms with Crippen LogP contribution in [0, 0.1) is 28.6 Å².